The number of nitrogens with zero attached hydrogens (tertiary/aromatic N) is 4. The van der Waals surface area contributed by atoms with Gasteiger partial charge in [0.2, 0.25) is 5.95 Å². The minimum Gasteiger partial charge on any atom is -0.393 e. The van der Waals surface area contributed by atoms with E-state index in [0.29, 0.717) is 12.0 Å². The summed E-state index contributed by atoms with van der Waals surface area (Å²) in [5.41, 5.74) is 1.03. The topological polar surface area (TPSA) is 75.9 Å². The van der Waals surface area contributed by atoms with E-state index in [9.17, 15) is 5.11 Å². The van der Waals surface area contributed by atoms with Gasteiger partial charge in [0, 0.05) is 23.7 Å². The molecule has 0 unspecified atom stereocenters. The molecule has 6 nitrogen and oxygen atoms in total. The lowest BCUT2D eigenvalue weighted by Gasteiger charge is -2.26. The van der Waals surface area contributed by atoms with Crippen LogP contribution in [0.3, 0.4) is 0 Å². The van der Waals surface area contributed by atoms with Crippen LogP contribution in [0.1, 0.15) is 25.7 Å². The Labute approximate surface area is 134 Å². The molecule has 1 aliphatic rings. The third kappa shape index (κ3) is 2.90. The van der Waals surface area contributed by atoms with E-state index >= 15 is 0 Å². The Hall–Kier alpha value is -2.47. The van der Waals surface area contributed by atoms with E-state index in [0.717, 1.165) is 42.4 Å². The molecule has 0 amide bonds. The van der Waals surface area contributed by atoms with Gasteiger partial charge < -0.3 is 10.4 Å². The maximum absolute atomic E-state index is 9.59. The predicted molar refractivity (Wildman–Crippen MR) is 88.5 cm³/mol. The number of aromatic nitrogens is 4. The van der Waals surface area contributed by atoms with Crippen molar-refractivity contribution in [2.45, 2.75) is 37.8 Å². The number of aliphatic hydroxyl groups excluding tert-OH is 1. The molecule has 1 aliphatic carbocycles. The van der Waals surface area contributed by atoms with Crippen LogP contribution >= 0.6 is 0 Å². The summed E-state index contributed by atoms with van der Waals surface area (Å²) in [7, 11) is 0. The van der Waals surface area contributed by atoms with Crippen LogP contribution < -0.4 is 5.32 Å². The average molecular weight is 309 g/mol. The molecule has 2 aromatic heterocycles. The monoisotopic (exact) mass is 309 g/mol. The van der Waals surface area contributed by atoms with Gasteiger partial charge in [-0.15, -0.1) is 0 Å². The van der Waals surface area contributed by atoms with Crippen molar-refractivity contribution in [3.63, 3.8) is 0 Å². The van der Waals surface area contributed by atoms with Crippen molar-refractivity contribution in [1.82, 2.24) is 19.7 Å². The highest BCUT2D eigenvalue weighted by atomic mass is 16.3. The lowest BCUT2D eigenvalue weighted by molar-refractivity contribution is 0.126. The Balaban J connectivity index is 1.59. The second-order valence-electron chi connectivity index (χ2n) is 6.00. The first-order valence-corrected chi connectivity index (χ1v) is 8.00. The van der Waals surface area contributed by atoms with E-state index in [-0.39, 0.29) is 6.10 Å². The largest absolute Gasteiger partial charge is 0.393 e. The van der Waals surface area contributed by atoms with Gasteiger partial charge in [-0.3, -0.25) is 0 Å². The number of fused-ring (bicyclic) bond motifs is 1. The highest BCUT2D eigenvalue weighted by molar-refractivity contribution is 5.79. The molecule has 3 aromatic rings. The number of hydrogen-bond acceptors (Lipinski definition) is 5. The smallest absolute Gasteiger partial charge is 0.224 e. The molecule has 2 N–H and O–H groups in total. The van der Waals surface area contributed by atoms with Crippen molar-refractivity contribution < 1.29 is 5.11 Å². The first-order valence-electron chi connectivity index (χ1n) is 8.00. The summed E-state index contributed by atoms with van der Waals surface area (Å²) in [5, 5.41) is 18.5. The SMILES string of the molecule is OC1CCC(Nc2nccc(-n3ncc4ccccc43)n2)CC1. The van der Waals surface area contributed by atoms with Crippen molar-refractivity contribution in [3.8, 4) is 5.82 Å². The maximum atomic E-state index is 9.59. The summed E-state index contributed by atoms with van der Waals surface area (Å²) >= 11 is 0. The number of anilines is 1. The number of aliphatic hydroxyl groups is 1. The summed E-state index contributed by atoms with van der Waals surface area (Å²) in [4.78, 5) is 8.91. The van der Waals surface area contributed by atoms with Crippen LogP contribution in [0.25, 0.3) is 16.7 Å². The Morgan fingerprint density at radius 1 is 1.09 bits per heavy atom. The molecular formula is C17H19N5O. The van der Waals surface area contributed by atoms with E-state index in [2.05, 4.69) is 20.4 Å². The zero-order valence-corrected chi connectivity index (χ0v) is 12.8. The van der Waals surface area contributed by atoms with Gasteiger partial charge in [-0.1, -0.05) is 18.2 Å². The molecular weight excluding hydrogens is 290 g/mol. The quantitative estimate of drug-likeness (QED) is 0.777. The van der Waals surface area contributed by atoms with Gasteiger partial charge in [0.1, 0.15) is 0 Å². The van der Waals surface area contributed by atoms with Crippen LogP contribution in [0.4, 0.5) is 5.95 Å². The molecule has 0 radical (unpaired) electrons. The van der Waals surface area contributed by atoms with Crippen molar-refractivity contribution in [2.24, 2.45) is 0 Å². The second-order valence-corrected chi connectivity index (χ2v) is 6.00. The standard InChI is InChI=1S/C17H19N5O/c23-14-7-5-13(6-8-14)20-17-18-10-9-16(21-17)22-15-4-2-1-3-12(15)11-19-22/h1-4,9-11,13-14,23H,5-8H2,(H,18,20,21). The molecule has 118 valence electrons. The minimum atomic E-state index is -0.157. The molecule has 1 fully saturated rings. The zero-order valence-electron chi connectivity index (χ0n) is 12.8. The Morgan fingerprint density at radius 3 is 2.78 bits per heavy atom. The summed E-state index contributed by atoms with van der Waals surface area (Å²) in [6.45, 7) is 0. The van der Waals surface area contributed by atoms with Gasteiger partial charge in [-0.25, -0.2) is 9.67 Å². The normalized spacial score (nSPS) is 21.4. The average Bonchev–Trinajstić information content (AvgIpc) is 3.01. The molecule has 2 heterocycles. The second kappa shape index (κ2) is 5.96. The van der Waals surface area contributed by atoms with Crippen molar-refractivity contribution in [3.05, 3.63) is 42.7 Å². The van der Waals surface area contributed by atoms with E-state index in [4.69, 9.17) is 0 Å². The number of nitrogens with one attached hydrogen (secondary N) is 1. The van der Waals surface area contributed by atoms with Crippen LogP contribution in [0.2, 0.25) is 0 Å². The molecule has 0 aliphatic heterocycles. The highest BCUT2D eigenvalue weighted by Crippen LogP contribution is 2.22. The maximum Gasteiger partial charge on any atom is 0.224 e. The summed E-state index contributed by atoms with van der Waals surface area (Å²) < 4.78 is 1.83. The van der Waals surface area contributed by atoms with Crippen molar-refractivity contribution in [2.75, 3.05) is 5.32 Å². The van der Waals surface area contributed by atoms with Crippen molar-refractivity contribution >= 4 is 16.9 Å². The van der Waals surface area contributed by atoms with Crippen LogP contribution in [0.15, 0.2) is 42.7 Å². The molecule has 4 rings (SSSR count). The molecule has 0 spiro atoms. The van der Waals surface area contributed by atoms with E-state index in [1.54, 1.807) is 6.20 Å². The molecule has 23 heavy (non-hydrogen) atoms. The summed E-state index contributed by atoms with van der Waals surface area (Å²) in [6.07, 6.45) is 6.99. The third-order valence-electron chi connectivity index (χ3n) is 4.37. The number of para-hydroxylation sites is 1. The Kier molecular flexibility index (Phi) is 3.67. The van der Waals surface area contributed by atoms with Gasteiger partial charge in [-0.05, 0) is 31.7 Å². The minimum absolute atomic E-state index is 0.157. The van der Waals surface area contributed by atoms with Crippen LogP contribution in [-0.4, -0.2) is 37.0 Å². The molecule has 0 saturated heterocycles. The van der Waals surface area contributed by atoms with Crippen LogP contribution in [0, 0.1) is 0 Å². The summed E-state index contributed by atoms with van der Waals surface area (Å²) in [5.74, 6) is 1.36. The predicted octanol–water partition coefficient (Wildman–Crippen LogP) is 2.53. The van der Waals surface area contributed by atoms with Crippen molar-refractivity contribution in [1.29, 1.82) is 0 Å². The Bertz CT molecular complexity index is 807. The molecule has 1 saturated carbocycles. The van der Waals surface area contributed by atoms with Gasteiger partial charge in [0.25, 0.3) is 0 Å². The lowest BCUT2D eigenvalue weighted by atomic mass is 9.93. The fourth-order valence-electron chi connectivity index (χ4n) is 3.09. The molecule has 1 aromatic carbocycles. The first kappa shape index (κ1) is 14.1. The van der Waals surface area contributed by atoms with E-state index < -0.39 is 0 Å². The van der Waals surface area contributed by atoms with Gasteiger partial charge >= 0.3 is 0 Å². The Morgan fingerprint density at radius 2 is 1.91 bits per heavy atom. The lowest BCUT2D eigenvalue weighted by Crippen LogP contribution is -2.29. The molecule has 0 atom stereocenters. The van der Waals surface area contributed by atoms with E-state index in [1.165, 1.54) is 0 Å². The van der Waals surface area contributed by atoms with Crippen LogP contribution in [-0.2, 0) is 0 Å². The fraction of sp³-hybridized carbons (Fsp3) is 0.353. The highest BCUT2D eigenvalue weighted by Gasteiger charge is 2.20. The molecule has 6 heteroatoms. The van der Waals surface area contributed by atoms with Gasteiger partial charge in [-0.2, -0.15) is 10.1 Å². The van der Waals surface area contributed by atoms with Crippen LogP contribution in [0.5, 0.6) is 0 Å². The molecule has 0 bridgehead atoms. The number of rotatable bonds is 3. The third-order valence-corrected chi connectivity index (χ3v) is 4.37. The first-order chi connectivity index (χ1) is 11.3. The fourth-order valence-corrected chi connectivity index (χ4v) is 3.09. The zero-order chi connectivity index (χ0) is 15.6. The number of hydrogen-bond donors (Lipinski definition) is 2. The summed E-state index contributed by atoms with van der Waals surface area (Å²) in [6, 6.07) is 10.2. The van der Waals surface area contributed by atoms with Gasteiger partial charge in [0.05, 0.1) is 17.8 Å². The van der Waals surface area contributed by atoms with E-state index in [1.807, 2.05) is 41.2 Å². The number of benzene rings is 1. The van der Waals surface area contributed by atoms with Gasteiger partial charge in [0.15, 0.2) is 5.82 Å².